The maximum absolute atomic E-state index is 12.6. The highest BCUT2D eigenvalue weighted by molar-refractivity contribution is 6.00. The quantitative estimate of drug-likeness (QED) is 0.653. The van der Waals surface area contributed by atoms with Gasteiger partial charge in [0.2, 0.25) is 0 Å². The van der Waals surface area contributed by atoms with Crippen molar-refractivity contribution < 1.29 is 9.72 Å². The average molecular weight is 329 g/mol. The molecule has 1 aliphatic heterocycles. The lowest BCUT2D eigenvalue weighted by Crippen LogP contribution is -2.45. The molecule has 0 bridgehead atoms. The molecule has 1 fully saturated rings. The van der Waals surface area contributed by atoms with Crippen LogP contribution in [0.4, 0.5) is 5.69 Å². The van der Waals surface area contributed by atoms with Crippen LogP contribution in [0.1, 0.15) is 23.2 Å². The minimum Gasteiger partial charge on any atom is -0.348 e. The number of non-ortho nitro benzene ring substituents is 1. The maximum Gasteiger partial charge on any atom is 0.269 e. The van der Waals surface area contributed by atoms with Gasteiger partial charge in [0.05, 0.1) is 10.5 Å². The van der Waals surface area contributed by atoms with Gasteiger partial charge in [-0.1, -0.05) is 0 Å². The number of hydrogen-bond acceptors (Lipinski definition) is 5. The van der Waals surface area contributed by atoms with E-state index in [0.717, 1.165) is 25.9 Å². The van der Waals surface area contributed by atoms with Gasteiger partial charge in [0.1, 0.15) is 5.69 Å². The smallest absolute Gasteiger partial charge is 0.269 e. The molecule has 8 nitrogen and oxygen atoms in total. The molecule has 2 N–H and O–H groups in total. The van der Waals surface area contributed by atoms with Crippen LogP contribution < -0.4 is 10.6 Å². The first-order chi connectivity index (χ1) is 11.5. The highest BCUT2D eigenvalue weighted by atomic mass is 16.6. The van der Waals surface area contributed by atoms with Gasteiger partial charge < -0.3 is 10.6 Å². The number of benzene rings is 1. The second-order valence-electron chi connectivity index (χ2n) is 5.89. The molecule has 0 unspecified atom stereocenters. The Morgan fingerprint density at radius 1 is 1.42 bits per heavy atom. The summed E-state index contributed by atoms with van der Waals surface area (Å²) < 4.78 is 1.57. The number of nitrogens with zero attached hydrogens (tertiary/aromatic N) is 3. The fourth-order valence-electron chi connectivity index (χ4n) is 2.85. The molecule has 1 aromatic carbocycles. The number of nitrogens with one attached hydrogen (secondary N) is 2. The molecular weight excluding hydrogens is 310 g/mol. The van der Waals surface area contributed by atoms with E-state index in [1.807, 2.05) is 0 Å². The predicted molar refractivity (Wildman–Crippen MR) is 88.7 cm³/mol. The number of nitro benzene ring substituents is 1. The maximum atomic E-state index is 12.6. The molecule has 24 heavy (non-hydrogen) atoms. The summed E-state index contributed by atoms with van der Waals surface area (Å²) in [6.07, 6.45) is 3.65. The number of rotatable bonds is 4. The number of hydrogen-bond donors (Lipinski definition) is 2. The van der Waals surface area contributed by atoms with Gasteiger partial charge in [-0.05, 0) is 31.5 Å². The highest BCUT2D eigenvalue weighted by Gasteiger charge is 2.21. The molecule has 2 heterocycles. The summed E-state index contributed by atoms with van der Waals surface area (Å²) in [4.78, 5) is 22.9. The van der Waals surface area contributed by atoms with Crippen LogP contribution in [0, 0.1) is 10.1 Å². The molecule has 0 spiro atoms. The van der Waals surface area contributed by atoms with Crippen molar-refractivity contribution in [3.05, 3.63) is 46.1 Å². The topological polar surface area (TPSA) is 102 Å². The lowest BCUT2D eigenvalue weighted by molar-refractivity contribution is -0.384. The summed E-state index contributed by atoms with van der Waals surface area (Å²) in [5.74, 6) is -0.176. The summed E-state index contributed by atoms with van der Waals surface area (Å²) >= 11 is 0. The van der Waals surface area contributed by atoms with E-state index in [1.54, 1.807) is 30.1 Å². The second-order valence-corrected chi connectivity index (χ2v) is 5.89. The van der Waals surface area contributed by atoms with Crippen molar-refractivity contribution in [3.63, 3.8) is 0 Å². The van der Waals surface area contributed by atoms with Gasteiger partial charge in [0.15, 0.2) is 0 Å². The van der Waals surface area contributed by atoms with E-state index in [2.05, 4.69) is 15.7 Å². The van der Waals surface area contributed by atoms with Crippen molar-refractivity contribution in [1.82, 2.24) is 20.4 Å². The first-order valence-electron chi connectivity index (χ1n) is 7.84. The van der Waals surface area contributed by atoms with Crippen molar-refractivity contribution in [3.8, 4) is 11.3 Å². The van der Waals surface area contributed by atoms with Crippen molar-refractivity contribution in [2.75, 3.05) is 13.1 Å². The largest absolute Gasteiger partial charge is 0.348 e. The number of nitro groups is 1. The molecule has 0 radical (unpaired) electrons. The Hall–Kier alpha value is -2.74. The number of carbonyl (C=O) groups excluding carboxylic acids is 1. The van der Waals surface area contributed by atoms with Crippen LogP contribution in [0.25, 0.3) is 11.3 Å². The third-order valence-corrected chi connectivity index (χ3v) is 4.06. The molecule has 0 aliphatic carbocycles. The van der Waals surface area contributed by atoms with E-state index in [4.69, 9.17) is 0 Å². The van der Waals surface area contributed by atoms with E-state index in [1.165, 1.54) is 12.1 Å². The molecule has 1 atom stereocenters. The molecule has 2 aromatic rings. The zero-order chi connectivity index (χ0) is 17.1. The van der Waals surface area contributed by atoms with Crippen LogP contribution in [0.3, 0.4) is 0 Å². The number of aryl methyl sites for hydroxylation is 1. The number of aromatic nitrogens is 2. The van der Waals surface area contributed by atoms with E-state index in [0.29, 0.717) is 16.8 Å². The van der Waals surface area contributed by atoms with Crippen molar-refractivity contribution in [2.45, 2.75) is 18.9 Å². The van der Waals surface area contributed by atoms with Gasteiger partial charge in [-0.3, -0.25) is 19.6 Å². The SMILES string of the molecule is Cn1cc(C(=O)N[C@H]2CCCNC2)c(-c2ccc([N+](=O)[O-])cc2)n1. The molecule has 1 aliphatic rings. The summed E-state index contributed by atoms with van der Waals surface area (Å²) in [6, 6.07) is 6.16. The average Bonchev–Trinajstić information content (AvgIpc) is 2.98. The van der Waals surface area contributed by atoms with Gasteiger partial charge >= 0.3 is 0 Å². The number of piperidine rings is 1. The van der Waals surface area contributed by atoms with Crippen molar-refractivity contribution >= 4 is 11.6 Å². The van der Waals surface area contributed by atoms with Crippen LogP contribution in [-0.4, -0.2) is 39.7 Å². The van der Waals surface area contributed by atoms with E-state index in [9.17, 15) is 14.9 Å². The minimum atomic E-state index is -0.452. The zero-order valence-electron chi connectivity index (χ0n) is 13.4. The first kappa shape index (κ1) is 16.1. The Morgan fingerprint density at radius 2 is 2.17 bits per heavy atom. The van der Waals surface area contributed by atoms with Gasteiger partial charge in [0, 0.05) is 43.5 Å². The minimum absolute atomic E-state index is 0.00830. The van der Waals surface area contributed by atoms with E-state index < -0.39 is 4.92 Å². The van der Waals surface area contributed by atoms with Crippen LogP contribution in [0.5, 0.6) is 0 Å². The lowest BCUT2D eigenvalue weighted by atomic mass is 10.0. The zero-order valence-corrected chi connectivity index (χ0v) is 13.4. The molecule has 1 aromatic heterocycles. The third kappa shape index (κ3) is 3.43. The summed E-state index contributed by atoms with van der Waals surface area (Å²) in [7, 11) is 1.74. The van der Waals surface area contributed by atoms with Crippen molar-refractivity contribution in [2.24, 2.45) is 7.05 Å². The van der Waals surface area contributed by atoms with Crippen molar-refractivity contribution in [1.29, 1.82) is 0 Å². The predicted octanol–water partition coefficient (Wildman–Crippen LogP) is 1.48. The van der Waals surface area contributed by atoms with Gasteiger partial charge in [-0.25, -0.2) is 0 Å². The fraction of sp³-hybridized carbons (Fsp3) is 0.375. The van der Waals surface area contributed by atoms with Crippen LogP contribution in [0.15, 0.2) is 30.5 Å². The Kier molecular flexibility index (Phi) is 4.57. The molecule has 0 saturated carbocycles. The Morgan fingerprint density at radius 3 is 2.79 bits per heavy atom. The summed E-state index contributed by atoms with van der Waals surface area (Å²) in [5.41, 5.74) is 1.67. The molecule has 8 heteroatoms. The van der Waals surface area contributed by atoms with Crippen LogP contribution in [-0.2, 0) is 7.05 Å². The number of amides is 1. The van der Waals surface area contributed by atoms with Gasteiger partial charge in [-0.2, -0.15) is 5.10 Å². The highest BCUT2D eigenvalue weighted by Crippen LogP contribution is 2.24. The number of carbonyl (C=O) groups is 1. The molecule has 3 rings (SSSR count). The van der Waals surface area contributed by atoms with Gasteiger partial charge in [-0.15, -0.1) is 0 Å². The lowest BCUT2D eigenvalue weighted by Gasteiger charge is -2.23. The fourth-order valence-corrected chi connectivity index (χ4v) is 2.85. The molecular formula is C16H19N5O3. The summed E-state index contributed by atoms with van der Waals surface area (Å²) in [6.45, 7) is 1.74. The third-order valence-electron chi connectivity index (χ3n) is 4.06. The van der Waals surface area contributed by atoms with Crippen LogP contribution >= 0.6 is 0 Å². The molecule has 1 saturated heterocycles. The van der Waals surface area contributed by atoms with E-state index in [-0.39, 0.29) is 17.6 Å². The molecule has 126 valence electrons. The van der Waals surface area contributed by atoms with E-state index >= 15 is 0 Å². The first-order valence-corrected chi connectivity index (χ1v) is 7.84. The Bertz CT molecular complexity index is 748. The van der Waals surface area contributed by atoms with Gasteiger partial charge in [0.25, 0.3) is 11.6 Å². The summed E-state index contributed by atoms with van der Waals surface area (Å²) in [5, 5.41) is 21.4. The van der Waals surface area contributed by atoms with Crippen LogP contribution in [0.2, 0.25) is 0 Å². The Labute approximate surface area is 139 Å². The standard InChI is InChI=1S/C16H19N5O3/c1-20-10-14(16(22)18-12-3-2-8-17-9-12)15(19-20)11-4-6-13(7-5-11)21(23)24/h4-7,10,12,17H,2-3,8-9H2,1H3,(H,18,22)/t12-/m0/s1. The normalized spacial score (nSPS) is 17.5. The second kappa shape index (κ2) is 6.79. The molecule has 1 amide bonds. The monoisotopic (exact) mass is 329 g/mol. The Balaban J connectivity index is 1.84.